The van der Waals surface area contributed by atoms with Gasteiger partial charge in [-0.1, -0.05) is 0 Å². The van der Waals surface area contributed by atoms with Crippen LogP contribution in [0.25, 0.3) is 0 Å². The summed E-state index contributed by atoms with van der Waals surface area (Å²) < 4.78 is 0. The van der Waals surface area contributed by atoms with E-state index in [0.717, 1.165) is 12.8 Å². The first kappa shape index (κ1) is 6.62. The molecule has 1 saturated heterocycles. The largest absolute Gasteiger partial charge is 0.516 e. The fourth-order valence-electron chi connectivity index (χ4n) is 1.16. The molecule has 1 aliphatic rings. The molecule has 0 aliphatic carbocycles. The fraction of sp³-hybridized carbons (Fsp3) is 0.714. The molecule has 0 aromatic carbocycles. The minimum absolute atomic E-state index is 0.913. The molecule has 1 rings (SSSR count). The molecule has 1 heterocycles. The van der Waals surface area contributed by atoms with Gasteiger partial charge in [0, 0.05) is 6.54 Å². The number of nitrogens with zero attached hydrogens (tertiary/aromatic N) is 1. The number of hydrogen-bond donors (Lipinski definition) is 1. The predicted octanol–water partition coefficient (Wildman–Crippen LogP) is 1.15. The van der Waals surface area contributed by atoms with Gasteiger partial charge in [0.05, 0.1) is 6.26 Å². The van der Waals surface area contributed by atoms with Crippen molar-refractivity contribution >= 4 is 0 Å². The van der Waals surface area contributed by atoms with Gasteiger partial charge in [0.1, 0.15) is 0 Å². The van der Waals surface area contributed by atoms with Gasteiger partial charge in [0.15, 0.2) is 0 Å². The standard InChI is InChI=1S/C7H13NO/c9-7-3-6-8-4-1-2-5-8/h3,7,9H,1-2,4-6H2/b7-3+. The highest BCUT2D eigenvalue weighted by Crippen LogP contribution is 2.05. The minimum Gasteiger partial charge on any atom is -0.516 e. The van der Waals surface area contributed by atoms with E-state index < -0.39 is 0 Å². The number of hydrogen-bond acceptors (Lipinski definition) is 2. The highest BCUT2D eigenvalue weighted by Gasteiger charge is 2.08. The van der Waals surface area contributed by atoms with Crippen molar-refractivity contribution in [2.45, 2.75) is 12.8 Å². The molecule has 0 unspecified atom stereocenters. The summed E-state index contributed by atoms with van der Waals surface area (Å²) in [5.74, 6) is 0. The molecule has 0 atom stereocenters. The molecule has 0 spiro atoms. The van der Waals surface area contributed by atoms with E-state index in [2.05, 4.69) is 4.90 Å². The van der Waals surface area contributed by atoms with E-state index in [1.165, 1.54) is 25.9 Å². The van der Waals surface area contributed by atoms with Gasteiger partial charge in [-0.15, -0.1) is 0 Å². The van der Waals surface area contributed by atoms with Crippen molar-refractivity contribution in [3.63, 3.8) is 0 Å². The molecule has 1 aliphatic heterocycles. The third-order valence-corrected chi connectivity index (χ3v) is 1.67. The molecule has 0 radical (unpaired) electrons. The second kappa shape index (κ2) is 3.51. The van der Waals surface area contributed by atoms with Gasteiger partial charge in [-0.3, -0.25) is 4.90 Å². The minimum atomic E-state index is 0.913. The van der Waals surface area contributed by atoms with Crippen molar-refractivity contribution < 1.29 is 5.11 Å². The quantitative estimate of drug-likeness (QED) is 0.562. The van der Waals surface area contributed by atoms with Crippen LogP contribution in [0.2, 0.25) is 0 Å². The molecule has 0 saturated carbocycles. The molecule has 0 amide bonds. The Kier molecular flexibility index (Phi) is 2.58. The maximum absolute atomic E-state index is 8.32. The van der Waals surface area contributed by atoms with Crippen LogP contribution in [0.15, 0.2) is 12.3 Å². The van der Waals surface area contributed by atoms with E-state index in [0.29, 0.717) is 0 Å². The van der Waals surface area contributed by atoms with Crippen molar-refractivity contribution in [2.75, 3.05) is 19.6 Å². The summed E-state index contributed by atoms with van der Waals surface area (Å²) >= 11 is 0. The van der Waals surface area contributed by atoms with E-state index >= 15 is 0 Å². The van der Waals surface area contributed by atoms with Gasteiger partial charge >= 0.3 is 0 Å². The second-order valence-corrected chi connectivity index (χ2v) is 2.39. The summed E-state index contributed by atoms with van der Waals surface area (Å²) in [7, 11) is 0. The van der Waals surface area contributed by atoms with Crippen LogP contribution >= 0.6 is 0 Å². The van der Waals surface area contributed by atoms with Gasteiger partial charge in [-0.25, -0.2) is 0 Å². The number of aliphatic hydroxyl groups is 1. The molecule has 52 valence electrons. The Labute approximate surface area is 55.8 Å². The fourth-order valence-corrected chi connectivity index (χ4v) is 1.16. The highest BCUT2D eigenvalue weighted by atomic mass is 16.2. The molecular weight excluding hydrogens is 114 g/mol. The normalized spacial score (nSPS) is 21.8. The van der Waals surface area contributed by atoms with Crippen molar-refractivity contribution in [3.05, 3.63) is 12.3 Å². The van der Waals surface area contributed by atoms with Crippen LogP contribution in [0, 0.1) is 0 Å². The van der Waals surface area contributed by atoms with Gasteiger partial charge in [0.2, 0.25) is 0 Å². The van der Waals surface area contributed by atoms with E-state index in [1.807, 2.05) is 0 Å². The Morgan fingerprint density at radius 3 is 2.56 bits per heavy atom. The lowest BCUT2D eigenvalue weighted by Gasteiger charge is -2.09. The zero-order valence-corrected chi connectivity index (χ0v) is 5.58. The maximum Gasteiger partial charge on any atom is 0.0764 e. The van der Waals surface area contributed by atoms with Crippen LogP contribution in [0.3, 0.4) is 0 Å². The molecule has 1 fully saturated rings. The Morgan fingerprint density at radius 1 is 1.33 bits per heavy atom. The first-order valence-electron chi connectivity index (χ1n) is 3.45. The van der Waals surface area contributed by atoms with Crippen LogP contribution in [0.5, 0.6) is 0 Å². The first-order valence-corrected chi connectivity index (χ1v) is 3.45. The summed E-state index contributed by atoms with van der Waals surface area (Å²) in [6.07, 6.45) is 5.54. The van der Waals surface area contributed by atoms with E-state index in [1.54, 1.807) is 6.08 Å². The third kappa shape index (κ3) is 2.06. The first-order chi connectivity index (χ1) is 4.43. The topological polar surface area (TPSA) is 23.5 Å². The third-order valence-electron chi connectivity index (χ3n) is 1.67. The highest BCUT2D eigenvalue weighted by molar-refractivity contribution is 4.79. The summed E-state index contributed by atoms with van der Waals surface area (Å²) in [5.41, 5.74) is 0. The molecular formula is C7H13NO. The summed E-state index contributed by atoms with van der Waals surface area (Å²) in [4.78, 5) is 2.33. The summed E-state index contributed by atoms with van der Waals surface area (Å²) in [6.45, 7) is 3.31. The monoisotopic (exact) mass is 127 g/mol. The van der Waals surface area contributed by atoms with Crippen molar-refractivity contribution in [3.8, 4) is 0 Å². The predicted molar refractivity (Wildman–Crippen MR) is 37.4 cm³/mol. The van der Waals surface area contributed by atoms with Crippen molar-refractivity contribution in [1.29, 1.82) is 0 Å². The summed E-state index contributed by atoms with van der Waals surface area (Å²) in [6, 6.07) is 0. The number of rotatable bonds is 2. The van der Waals surface area contributed by atoms with Crippen molar-refractivity contribution in [2.24, 2.45) is 0 Å². The average molecular weight is 127 g/mol. The lowest BCUT2D eigenvalue weighted by atomic mass is 10.4. The Hall–Kier alpha value is -0.500. The van der Waals surface area contributed by atoms with Gasteiger partial charge in [-0.05, 0) is 32.0 Å². The number of likely N-dealkylation sites (tertiary alicyclic amines) is 1. The van der Waals surface area contributed by atoms with Crippen LogP contribution in [-0.2, 0) is 0 Å². The van der Waals surface area contributed by atoms with Gasteiger partial charge in [-0.2, -0.15) is 0 Å². The van der Waals surface area contributed by atoms with E-state index in [4.69, 9.17) is 5.11 Å². The summed E-state index contributed by atoms with van der Waals surface area (Å²) in [5, 5.41) is 8.32. The average Bonchev–Trinajstić information content (AvgIpc) is 2.34. The lowest BCUT2D eigenvalue weighted by molar-refractivity contribution is 0.371. The van der Waals surface area contributed by atoms with E-state index in [9.17, 15) is 0 Å². The molecule has 2 nitrogen and oxygen atoms in total. The van der Waals surface area contributed by atoms with Gasteiger partial charge < -0.3 is 5.11 Å². The molecule has 0 aromatic heterocycles. The maximum atomic E-state index is 8.32. The zero-order valence-electron chi connectivity index (χ0n) is 5.58. The van der Waals surface area contributed by atoms with Crippen LogP contribution in [0.1, 0.15) is 12.8 Å². The van der Waals surface area contributed by atoms with E-state index in [-0.39, 0.29) is 0 Å². The Bertz CT molecular complexity index is 95.1. The number of aliphatic hydroxyl groups excluding tert-OH is 1. The van der Waals surface area contributed by atoms with Crippen LogP contribution < -0.4 is 0 Å². The van der Waals surface area contributed by atoms with Crippen LogP contribution in [-0.4, -0.2) is 29.6 Å². The molecule has 1 N–H and O–H groups in total. The molecule has 0 bridgehead atoms. The smallest absolute Gasteiger partial charge is 0.0764 e. The Morgan fingerprint density at radius 2 is 2.00 bits per heavy atom. The molecule has 0 aromatic rings. The molecule has 2 heteroatoms. The van der Waals surface area contributed by atoms with Gasteiger partial charge in [0.25, 0.3) is 0 Å². The van der Waals surface area contributed by atoms with Crippen molar-refractivity contribution in [1.82, 2.24) is 4.90 Å². The SMILES string of the molecule is O/C=C/CN1CCCC1. The molecule has 9 heavy (non-hydrogen) atoms. The second-order valence-electron chi connectivity index (χ2n) is 2.39. The van der Waals surface area contributed by atoms with Crippen LogP contribution in [0.4, 0.5) is 0 Å². The lowest BCUT2D eigenvalue weighted by Crippen LogP contribution is -2.18. The Balaban J connectivity index is 2.11. The zero-order chi connectivity index (χ0) is 6.53.